The maximum absolute atomic E-state index is 13.9. The van der Waals surface area contributed by atoms with Gasteiger partial charge >= 0.3 is 0 Å². The third-order valence-corrected chi connectivity index (χ3v) is 7.21. The lowest BCUT2D eigenvalue weighted by atomic mass is 10.1. The second-order valence-corrected chi connectivity index (χ2v) is 10.2. The zero-order chi connectivity index (χ0) is 25.7. The molecule has 3 amide bonds. The Bertz CT molecular complexity index is 1170. The van der Waals surface area contributed by atoms with Gasteiger partial charge in [-0.25, -0.2) is 4.39 Å². The van der Waals surface area contributed by atoms with Crippen LogP contribution < -0.4 is 25.0 Å². The lowest BCUT2D eigenvalue weighted by Gasteiger charge is -2.29. The summed E-state index contributed by atoms with van der Waals surface area (Å²) in [5, 5.41) is 5.56. The highest BCUT2D eigenvalue weighted by atomic mass is 32.2. The van der Waals surface area contributed by atoms with Crippen LogP contribution in [0.1, 0.15) is 32.6 Å². The van der Waals surface area contributed by atoms with E-state index in [9.17, 15) is 23.0 Å². The summed E-state index contributed by atoms with van der Waals surface area (Å²) in [6.45, 7) is 1.64. The van der Waals surface area contributed by atoms with E-state index in [1.54, 1.807) is 25.1 Å². The van der Waals surface area contributed by atoms with Gasteiger partial charge in [-0.15, -0.1) is 0 Å². The zero-order valence-corrected chi connectivity index (χ0v) is 20.6. The number of amides is 3. The first-order valence-electron chi connectivity index (χ1n) is 11.7. The van der Waals surface area contributed by atoms with Crippen LogP contribution in [0.2, 0.25) is 0 Å². The summed E-state index contributed by atoms with van der Waals surface area (Å²) in [5.41, 5.74) is 0.613. The summed E-state index contributed by atoms with van der Waals surface area (Å²) < 4.78 is 37.1. The first kappa shape index (κ1) is 25.6. The van der Waals surface area contributed by atoms with Gasteiger partial charge in [-0.3, -0.25) is 23.5 Å². The molecule has 2 aromatic carbocycles. The van der Waals surface area contributed by atoms with Crippen molar-refractivity contribution >= 4 is 39.9 Å². The number of carbonyl (C=O) groups is 3. The minimum atomic E-state index is -1.87. The van der Waals surface area contributed by atoms with Gasteiger partial charge in [0.1, 0.15) is 23.4 Å². The van der Waals surface area contributed by atoms with Crippen molar-refractivity contribution in [3.63, 3.8) is 0 Å². The van der Waals surface area contributed by atoms with E-state index in [1.165, 1.54) is 18.2 Å². The van der Waals surface area contributed by atoms with Crippen LogP contribution in [-0.4, -0.2) is 52.3 Å². The first-order chi connectivity index (χ1) is 17.3. The maximum Gasteiger partial charge on any atom is 0.243 e. The Kier molecular flexibility index (Phi) is 8.19. The Hall–Kier alpha value is -3.47. The van der Waals surface area contributed by atoms with Crippen LogP contribution in [0.5, 0.6) is 11.5 Å². The molecule has 9 nitrogen and oxygen atoms in total. The van der Waals surface area contributed by atoms with Gasteiger partial charge in [0.2, 0.25) is 24.5 Å². The van der Waals surface area contributed by atoms with Crippen LogP contribution in [0.15, 0.2) is 42.5 Å². The van der Waals surface area contributed by atoms with Gasteiger partial charge in [-0.2, -0.15) is 0 Å². The van der Waals surface area contributed by atoms with Gasteiger partial charge < -0.3 is 20.1 Å². The molecule has 4 rings (SSSR count). The molecule has 0 aromatic heterocycles. The zero-order valence-electron chi connectivity index (χ0n) is 19.8. The number of fused-ring (bicyclic) bond motifs is 1. The second kappa shape index (κ2) is 11.5. The van der Waals surface area contributed by atoms with Crippen LogP contribution in [-0.2, 0) is 25.2 Å². The fraction of sp³-hybridized carbons (Fsp3) is 0.400. The van der Waals surface area contributed by atoms with Crippen molar-refractivity contribution in [1.82, 2.24) is 5.32 Å². The molecular weight excluding hydrogens is 489 g/mol. The normalized spacial score (nSPS) is 16.3. The number of rotatable bonds is 9. The van der Waals surface area contributed by atoms with Crippen LogP contribution in [0.4, 0.5) is 15.8 Å². The number of halogens is 1. The molecule has 2 aromatic rings. The Morgan fingerprint density at radius 2 is 1.83 bits per heavy atom. The Labute approximate surface area is 210 Å². The van der Waals surface area contributed by atoms with Crippen molar-refractivity contribution in [2.75, 3.05) is 28.5 Å². The van der Waals surface area contributed by atoms with Crippen molar-refractivity contribution in [2.45, 2.75) is 44.7 Å². The Morgan fingerprint density at radius 1 is 1.08 bits per heavy atom. The molecule has 0 radical (unpaired) electrons. The minimum absolute atomic E-state index is 0.0402. The smallest absolute Gasteiger partial charge is 0.243 e. The van der Waals surface area contributed by atoms with Crippen molar-refractivity contribution < 1.29 is 32.5 Å². The number of ether oxygens (including phenoxy) is 2. The summed E-state index contributed by atoms with van der Waals surface area (Å²) in [7, 11) is -1.87. The molecule has 0 saturated heterocycles. The van der Waals surface area contributed by atoms with Gasteiger partial charge in [0.05, 0.1) is 0 Å². The third kappa shape index (κ3) is 6.39. The highest BCUT2D eigenvalue weighted by Crippen LogP contribution is 2.34. The van der Waals surface area contributed by atoms with E-state index >= 15 is 0 Å². The van der Waals surface area contributed by atoms with Crippen molar-refractivity contribution in [2.24, 2.45) is 0 Å². The maximum atomic E-state index is 13.9. The predicted molar refractivity (Wildman–Crippen MR) is 133 cm³/mol. The summed E-state index contributed by atoms with van der Waals surface area (Å²) >= 11 is 0. The SMILES string of the molecule is C[C@H](C(=O)NC1CCCC1)N(C(=O)C[S@](=O)CC(=O)Nc1ccc2c(c1)OCO2)c1cccc(F)c1. The van der Waals surface area contributed by atoms with Crippen LogP contribution in [0, 0.1) is 5.82 Å². The molecule has 1 aliphatic heterocycles. The molecule has 1 aliphatic carbocycles. The lowest BCUT2D eigenvalue weighted by Crippen LogP contribution is -2.51. The largest absolute Gasteiger partial charge is 0.454 e. The Balaban J connectivity index is 1.40. The molecule has 1 saturated carbocycles. The molecule has 1 fully saturated rings. The number of hydrogen-bond acceptors (Lipinski definition) is 6. The van der Waals surface area contributed by atoms with E-state index in [-0.39, 0.29) is 24.4 Å². The van der Waals surface area contributed by atoms with Crippen LogP contribution >= 0.6 is 0 Å². The molecule has 0 bridgehead atoms. The fourth-order valence-electron chi connectivity index (χ4n) is 4.29. The molecule has 36 heavy (non-hydrogen) atoms. The van der Waals surface area contributed by atoms with E-state index in [0.717, 1.165) is 36.6 Å². The Morgan fingerprint density at radius 3 is 2.58 bits per heavy atom. The average Bonchev–Trinajstić information content (AvgIpc) is 3.50. The van der Waals surface area contributed by atoms with E-state index in [1.807, 2.05) is 0 Å². The number of nitrogens with one attached hydrogen (secondary N) is 2. The molecule has 192 valence electrons. The van der Waals surface area contributed by atoms with Gasteiger partial charge in [0.15, 0.2) is 11.5 Å². The summed E-state index contributed by atoms with van der Waals surface area (Å²) in [6, 6.07) is 9.25. The standard InChI is InChI=1S/C25H28FN3O6S/c1-16(25(32)28-18-6-2-3-7-18)29(20-8-4-5-17(26)11-20)24(31)14-36(33)13-23(30)27-19-9-10-21-22(12-19)35-15-34-21/h4-5,8-12,16,18H,2-3,6-7,13-15H2,1H3,(H,27,30)(H,28,32)/t16-,36-/m1/s1. The molecular formula is C25H28FN3O6S. The van der Waals surface area contributed by atoms with E-state index in [0.29, 0.717) is 17.2 Å². The first-order valence-corrected chi connectivity index (χ1v) is 13.2. The number of hydrogen-bond donors (Lipinski definition) is 2. The topological polar surface area (TPSA) is 114 Å². The molecule has 2 atom stereocenters. The molecule has 2 N–H and O–H groups in total. The predicted octanol–water partition coefficient (Wildman–Crippen LogP) is 2.72. The van der Waals surface area contributed by atoms with Crippen LogP contribution in [0.3, 0.4) is 0 Å². The van der Waals surface area contributed by atoms with Crippen molar-refractivity contribution in [1.29, 1.82) is 0 Å². The van der Waals surface area contributed by atoms with Gasteiger partial charge in [0, 0.05) is 34.3 Å². The molecule has 0 unspecified atom stereocenters. The number of anilines is 2. The number of carbonyl (C=O) groups excluding carboxylic acids is 3. The number of nitrogens with zero attached hydrogens (tertiary/aromatic N) is 1. The van der Waals surface area contributed by atoms with Crippen molar-refractivity contribution in [3.05, 3.63) is 48.3 Å². The average molecular weight is 518 g/mol. The summed E-state index contributed by atoms with van der Waals surface area (Å²) in [4.78, 5) is 39.6. The van der Waals surface area contributed by atoms with Crippen LogP contribution in [0.25, 0.3) is 0 Å². The monoisotopic (exact) mass is 517 g/mol. The van der Waals surface area contributed by atoms with Gasteiger partial charge in [-0.05, 0) is 50.1 Å². The highest BCUT2D eigenvalue weighted by Gasteiger charge is 2.31. The van der Waals surface area contributed by atoms with E-state index < -0.39 is 46.0 Å². The second-order valence-electron chi connectivity index (χ2n) is 8.75. The van der Waals surface area contributed by atoms with Crippen molar-refractivity contribution in [3.8, 4) is 11.5 Å². The third-order valence-electron chi connectivity index (χ3n) is 6.06. The molecule has 0 spiro atoms. The quantitative estimate of drug-likeness (QED) is 0.529. The summed E-state index contributed by atoms with van der Waals surface area (Å²) in [5.74, 6) is -2.03. The fourth-order valence-corrected chi connectivity index (χ4v) is 5.18. The molecule has 1 heterocycles. The highest BCUT2D eigenvalue weighted by molar-refractivity contribution is 7.86. The molecule has 11 heteroatoms. The number of benzene rings is 2. The van der Waals surface area contributed by atoms with Gasteiger partial charge in [0.25, 0.3) is 0 Å². The summed E-state index contributed by atoms with van der Waals surface area (Å²) in [6.07, 6.45) is 3.79. The van der Waals surface area contributed by atoms with E-state index in [4.69, 9.17) is 9.47 Å². The lowest BCUT2D eigenvalue weighted by molar-refractivity contribution is -0.125. The molecule has 2 aliphatic rings. The minimum Gasteiger partial charge on any atom is -0.454 e. The van der Waals surface area contributed by atoms with Gasteiger partial charge in [-0.1, -0.05) is 18.9 Å². The van der Waals surface area contributed by atoms with E-state index in [2.05, 4.69) is 10.6 Å².